The summed E-state index contributed by atoms with van der Waals surface area (Å²) in [7, 11) is 3.60. The summed E-state index contributed by atoms with van der Waals surface area (Å²) in [4.78, 5) is 15.1. The molecule has 0 saturated heterocycles. The molecule has 18 heavy (non-hydrogen) atoms. The molecule has 0 radical (unpaired) electrons. The molecule has 2 heterocycles. The van der Waals surface area contributed by atoms with Gasteiger partial charge in [-0.3, -0.25) is 4.79 Å². The number of carbonyl (C=O) groups is 1. The standard InChI is InChI=1S/C12H12BrClN2OS/c1-15-5-9(14)4-11(15)12(17)16(2)6-10-3-8(13)7-18-10/h3-5,7H,6H2,1-2H3. The van der Waals surface area contributed by atoms with Crippen molar-refractivity contribution in [3.8, 4) is 0 Å². The Morgan fingerprint density at radius 2 is 2.28 bits per heavy atom. The van der Waals surface area contributed by atoms with Crippen molar-refractivity contribution in [2.75, 3.05) is 7.05 Å². The van der Waals surface area contributed by atoms with Gasteiger partial charge in [0.2, 0.25) is 0 Å². The molecule has 0 aliphatic heterocycles. The van der Waals surface area contributed by atoms with Gasteiger partial charge in [-0.1, -0.05) is 11.6 Å². The van der Waals surface area contributed by atoms with Crippen molar-refractivity contribution >= 4 is 44.8 Å². The lowest BCUT2D eigenvalue weighted by Crippen LogP contribution is -2.27. The van der Waals surface area contributed by atoms with Gasteiger partial charge in [0, 0.05) is 35.0 Å². The van der Waals surface area contributed by atoms with Crippen LogP contribution in [0.2, 0.25) is 5.02 Å². The summed E-state index contributed by atoms with van der Waals surface area (Å²) in [5.41, 5.74) is 0.595. The number of aryl methyl sites for hydroxylation is 1. The minimum atomic E-state index is -0.0334. The van der Waals surface area contributed by atoms with E-state index in [1.54, 1.807) is 40.1 Å². The molecular weight excluding hydrogens is 336 g/mol. The highest BCUT2D eigenvalue weighted by Gasteiger charge is 2.16. The van der Waals surface area contributed by atoms with Crippen LogP contribution in [0.25, 0.3) is 0 Å². The zero-order valence-electron chi connectivity index (χ0n) is 9.98. The molecule has 0 atom stereocenters. The molecule has 2 aromatic rings. The van der Waals surface area contributed by atoms with Crippen LogP contribution in [0, 0.1) is 0 Å². The minimum Gasteiger partial charge on any atom is -0.345 e. The van der Waals surface area contributed by atoms with Crippen LogP contribution >= 0.6 is 38.9 Å². The third-order valence-corrected chi connectivity index (χ3v) is 4.44. The molecule has 0 N–H and O–H groups in total. The number of nitrogens with zero attached hydrogens (tertiary/aromatic N) is 2. The maximum atomic E-state index is 12.2. The first-order valence-electron chi connectivity index (χ1n) is 5.27. The SMILES string of the molecule is CN(Cc1cc(Br)cs1)C(=O)c1cc(Cl)cn1C. The van der Waals surface area contributed by atoms with E-state index in [1.807, 2.05) is 18.5 Å². The van der Waals surface area contributed by atoms with Crippen LogP contribution in [0.3, 0.4) is 0 Å². The van der Waals surface area contributed by atoms with Crippen molar-refractivity contribution in [3.05, 3.63) is 43.8 Å². The van der Waals surface area contributed by atoms with Crippen molar-refractivity contribution in [2.45, 2.75) is 6.54 Å². The normalized spacial score (nSPS) is 10.7. The summed E-state index contributed by atoms with van der Waals surface area (Å²) >= 11 is 10.9. The van der Waals surface area contributed by atoms with Crippen LogP contribution in [0.5, 0.6) is 0 Å². The van der Waals surface area contributed by atoms with Crippen LogP contribution in [0.15, 0.2) is 28.2 Å². The van der Waals surface area contributed by atoms with E-state index in [1.165, 1.54) is 0 Å². The predicted molar refractivity (Wildman–Crippen MR) is 78.2 cm³/mol. The van der Waals surface area contributed by atoms with E-state index in [2.05, 4.69) is 15.9 Å². The number of halogens is 2. The van der Waals surface area contributed by atoms with E-state index in [9.17, 15) is 4.79 Å². The zero-order valence-corrected chi connectivity index (χ0v) is 13.1. The molecule has 0 spiro atoms. The summed E-state index contributed by atoms with van der Waals surface area (Å²) in [6, 6.07) is 3.71. The van der Waals surface area contributed by atoms with Gasteiger partial charge in [0.15, 0.2) is 0 Å². The fourth-order valence-corrected chi connectivity index (χ4v) is 3.43. The molecule has 0 unspecified atom stereocenters. The van der Waals surface area contributed by atoms with Crippen LogP contribution < -0.4 is 0 Å². The zero-order chi connectivity index (χ0) is 13.3. The summed E-state index contributed by atoms with van der Waals surface area (Å²) in [5.74, 6) is -0.0334. The third-order valence-electron chi connectivity index (χ3n) is 2.55. The van der Waals surface area contributed by atoms with Gasteiger partial charge in [-0.2, -0.15) is 0 Å². The van der Waals surface area contributed by atoms with E-state index >= 15 is 0 Å². The minimum absolute atomic E-state index is 0.0334. The molecule has 1 amide bonds. The van der Waals surface area contributed by atoms with E-state index in [0.717, 1.165) is 9.35 Å². The Balaban J connectivity index is 2.11. The van der Waals surface area contributed by atoms with Crippen molar-refractivity contribution in [3.63, 3.8) is 0 Å². The fourth-order valence-electron chi connectivity index (χ4n) is 1.67. The van der Waals surface area contributed by atoms with Crippen molar-refractivity contribution in [2.24, 2.45) is 7.05 Å². The second kappa shape index (κ2) is 5.47. The highest BCUT2D eigenvalue weighted by atomic mass is 79.9. The Bertz CT molecular complexity index is 578. The first-order chi connectivity index (χ1) is 8.47. The van der Waals surface area contributed by atoms with Crippen molar-refractivity contribution in [1.29, 1.82) is 0 Å². The molecule has 3 nitrogen and oxygen atoms in total. The molecule has 6 heteroatoms. The molecule has 0 saturated carbocycles. The van der Waals surface area contributed by atoms with Crippen LogP contribution in [0.1, 0.15) is 15.4 Å². The summed E-state index contributed by atoms with van der Waals surface area (Å²) in [6.07, 6.45) is 1.73. The molecule has 96 valence electrons. The Labute approximate surface area is 123 Å². The van der Waals surface area contributed by atoms with E-state index in [0.29, 0.717) is 17.3 Å². The van der Waals surface area contributed by atoms with Gasteiger partial charge in [-0.25, -0.2) is 0 Å². The lowest BCUT2D eigenvalue weighted by molar-refractivity contribution is 0.0777. The monoisotopic (exact) mass is 346 g/mol. The number of aromatic nitrogens is 1. The Hall–Kier alpha value is -0.780. The summed E-state index contributed by atoms with van der Waals surface area (Å²) in [6.45, 7) is 0.595. The topological polar surface area (TPSA) is 25.2 Å². The Kier molecular flexibility index (Phi) is 4.14. The highest BCUT2D eigenvalue weighted by molar-refractivity contribution is 9.10. The maximum absolute atomic E-state index is 12.2. The van der Waals surface area contributed by atoms with Crippen molar-refractivity contribution < 1.29 is 4.79 Å². The Morgan fingerprint density at radius 3 is 2.78 bits per heavy atom. The molecule has 0 aliphatic rings. The molecule has 0 aromatic carbocycles. The average Bonchev–Trinajstić information content (AvgIpc) is 2.84. The first-order valence-corrected chi connectivity index (χ1v) is 7.32. The van der Waals surface area contributed by atoms with Gasteiger partial charge in [-0.05, 0) is 28.1 Å². The highest BCUT2D eigenvalue weighted by Crippen LogP contribution is 2.22. The smallest absolute Gasteiger partial charge is 0.270 e. The van der Waals surface area contributed by atoms with E-state index < -0.39 is 0 Å². The molecule has 2 rings (SSSR count). The average molecular weight is 348 g/mol. The number of hydrogen-bond donors (Lipinski definition) is 0. The first kappa shape index (κ1) is 13.6. The van der Waals surface area contributed by atoms with Crippen LogP contribution in [-0.2, 0) is 13.6 Å². The van der Waals surface area contributed by atoms with Gasteiger partial charge in [-0.15, -0.1) is 11.3 Å². The molecule has 0 fully saturated rings. The molecular formula is C12H12BrClN2OS. The fraction of sp³-hybridized carbons (Fsp3) is 0.250. The van der Waals surface area contributed by atoms with Gasteiger partial charge in [0.05, 0.1) is 11.6 Å². The molecule has 2 aromatic heterocycles. The second-order valence-electron chi connectivity index (χ2n) is 4.05. The second-order valence-corrected chi connectivity index (χ2v) is 6.39. The maximum Gasteiger partial charge on any atom is 0.270 e. The van der Waals surface area contributed by atoms with Gasteiger partial charge < -0.3 is 9.47 Å². The Morgan fingerprint density at radius 1 is 1.56 bits per heavy atom. The number of amides is 1. The predicted octanol–water partition coefficient (Wildman–Crippen LogP) is 3.77. The lowest BCUT2D eigenvalue weighted by atomic mass is 10.3. The van der Waals surface area contributed by atoms with Crippen LogP contribution in [0.4, 0.5) is 0 Å². The molecule has 0 bridgehead atoms. The lowest BCUT2D eigenvalue weighted by Gasteiger charge is -2.16. The van der Waals surface area contributed by atoms with Crippen molar-refractivity contribution in [1.82, 2.24) is 9.47 Å². The number of hydrogen-bond acceptors (Lipinski definition) is 2. The summed E-state index contributed by atoms with van der Waals surface area (Å²) in [5, 5.41) is 2.58. The van der Waals surface area contributed by atoms with Gasteiger partial charge in [0.1, 0.15) is 5.69 Å². The van der Waals surface area contributed by atoms with Gasteiger partial charge >= 0.3 is 0 Å². The van der Waals surface area contributed by atoms with E-state index in [-0.39, 0.29) is 5.91 Å². The van der Waals surface area contributed by atoms with E-state index in [4.69, 9.17) is 11.6 Å². The largest absolute Gasteiger partial charge is 0.345 e. The number of thiophene rings is 1. The molecule has 0 aliphatic carbocycles. The number of carbonyl (C=O) groups excluding carboxylic acids is 1. The summed E-state index contributed by atoms with van der Waals surface area (Å²) < 4.78 is 2.79. The van der Waals surface area contributed by atoms with Gasteiger partial charge in [0.25, 0.3) is 5.91 Å². The third kappa shape index (κ3) is 2.96. The quantitative estimate of drug-likeness (QED) is 0.829. The van der Waals surface area contributed by atoms with Crippen LogP contribution in [-0.4, -0.2) is 22.4 Å². The number of rotatable bonds is 3.